The highest BCUT2D eigenvalue weighted by molar-refractivity contribution is 6.06. The molecule has 0 fully saturated rings. The number of amides is 1. The average Bonchev–Trinajstić information content (AvgIpc) is 2.57. The molecular formula is C17H14N4O3. The molecule has 0 unspecified atom stereocenters. The number of hydrogen-bond donors (Lipinski definition) is 3. The number of anilines is 2. The lowest BCUT2D eigenvalue weighted by molar-refractivity contribution is -0.112. The highest BCUT2D eigenvalue weighted by Crippen LogP contribution is 2.12. The number of carboxylic acid groups (broad SMARTS) is 1. The zero-order chi connectivity index (χ0) is 17.5. The predicted octanol–water partition coefficient (Wildman–Crippen LogP) is 2.55. The number of nitriles is 1. The highest BCUT2D eigenvalue weighted by Gasteiger charge is 2.10. The van der Waals surface area contributed by atoms with E-state index in [1.54, 1.807) is 18.3 Å². The first-order valence-corrected chi connectivity index (χ1v) is 6.94. The fourth-order valence-electron chi connectivity index (χ4n) is 1.82. The maximum atomic E-state index is 12.1. The van der Waals surface area contributed by atoms with Crippen molar-refractivity contribution in [1.82, 2.24) is 4.98 Å². The normalized spacial score (nSPS) is 10.6. The average molecular weight is 322 g/mol. The Hall–Kier alpha value is -3.66. The molecule has 1 aromatic heterocycles. The van der Waals surface area contributed by atoms with Gasteiger partial charge in [0, 0.05) is 18.1 Å². The quantitative estimate of drug-likeness (QED) is 0.575. The van der Waals surface area contributed by atoms with Gasteiger partial charge in [0.15, 0.2) is 0 Å². The smallest absolute Gasteiger partial charge is 0.335 e. The number of aromatic nitrogens is 1. The van der Waals surface area contributed by atoms with Crippen molar-refractivity contribution < 1.29 is 14.7 Å². The molecule has 0 saturated heterocycles. The number of carbonyl (C=O) groups is 2. The van der Waals surface area contributed by atoms with Crippen molar-refractivity contribution in [2.75, 3.05) is 10.6 Å². The van der Waals surface area contributed by atoms with E-state index in [4.69, 9.17) is 10.4 Å². The van der Waals surface area contributed by atoms with Crippen LogP contribution in [-0.2, 0) is 4.79 Å². The molecule has 2 aromatic rings. The van der Waals surface area contributed by atoms with E-state index in [0.29, 0.717) is 11.5 Å². The van der Waals surface area contributed by atoms with Crippen LogP contribution < -0.4 is 10.6 Å². The van der Waals surface area contributed by atoms with Gasteiger partial charge in [0.25, 0.3) is 5.91 Å². The van der Waals surface area contributed by atoms with Crippen molar-refractivity contribution in [2.45, 2.75) is 6.92 Å². The van der Waals surface area contributed by atoms with Crippen LogP contribution in [0.1, 0.15) is 15.9 Å². The highest BCUT2D eigenvalue weighted by atomic mass is 16.4. The number of pyridine rings is 1. The van der Waals surface area contributed by atoms with Crippen LogP contribution in [0.15, 0.2) is 54.4 Å². The molecule has 0 atom stereocenters. The standard InChI is InChI=1S/C17H14N4O3/c1-11-3-2-8-19-15(11)20-10-13(9-18)16(22)21-14-6-4-12(5-7-14)17(23)24/h2-8,10H,1H3,(H,19,20)(H,21,22)(H,23,24)/b13-10-. The lowest BCUT2D eigenvalue weighted by Gasteiger charge is -2.06. The summed E-state index contributed by atoms with van der Waals surface area (Å²) in [6.45, 7) is 1.85. The molecule has 120 valence electrons. The fraction of sp³-hybridized carbons (Fsp3) is 0.0588. The van der Waals surface area contributed by atoms with Gasteiger partial charge in [-0.3, -0.25) is 4.79 Å². The summed E-state index contributed by atoms with van der Waals surface area (Å²) in [5.74, 6) is -1.12. The lowest BCUT2D eigenvalue weighted by atomic mass is 10.2. The number of rotatable bonds is 5. The van der Waals surface area contributed by atoms with Gasteiger partial charge in [-0.05, 0) is 42.8 Å². The van der Waals surface area contributed by atoms with Crippen molar-refractivity contribution in [3.05, 3.63) is 65.5 Å². The Morgan fingerprint density at radius 3 is 2.54 bits per heavy atom. The van der Waals surface area contributed by atoms with E-state index in [0.717, 1.165) is 5.56 Å². The van der Waals surface area contributed by atoms with Gasteiger partial charge in [0.05, 0.1) is 5.56 Å². The number of aromatic carboxylic acids is 1. The molecule has 1 aromatic carbocycles. The first kappa shape index (κ1) is 16.7. The summed E-state index contributed by atoms with van der Waals surface area (Å²) in [7, 11) is 0. The Kier molecular flexibility index (Phi) is 5.26. The molecule has 0 saturated carbocycles. The van der Waals surface area contributed by atoms with E-state index in [-0.39, 0.29) is 11.1 Å². The van der Waals surface area contributed by atoms with Crippen LogP contribution >= 0.6 is 0 Å². The minimum absolute atomic E-state index is 0.108. The molecule has 0 aliphatic rings. The van der Waals surface area contributed by atoms with Crippen LogP contribution in [0.5, 0.6) is 0 Å². The molecule has 0 aliphatic heterocycles. The van der Waals surface area contributed by atoms with E-state index in [1.807, 2.05) is 13.0 Å². The molecule has 2 rings (SSSR count). The van der Waals surface area contributed by atoms with Crippen LogP contribution in [0.4, 0.5) is 11.5 Å². The van der Waals surface area contributed by atoms with Crippen LogP contribution in [0.3, 0.4) is 0 Å². The van der Waals surface area contributed by atoms with Gasteiger partial charge in [-0.15, -0.1) is 0 Å². The predicted molar refractivity (Wildman–Crippen MR) is 88.3 cm³/mol. The summed E-state index contributed by atoms with van der Waals surface area (Å²) in [6, 6.07) is 11.1. The van der Waals surface area contributed by atoms with Crippen molar-refractivity contribution in [2.24, 2.45) is 0 Å². The Bertz CT molecular complexity index is 836. The molecule has 0 radical (unpaired) electrons. The third-order valence-electron chi connectivity index (χ3n) is 3.12. The molecule has 0 bridgehead atoms. The van der Waals surface area contributed by atoms with E-state index >= 15 is 0 Å². The Morgan fingerprint density at radius 2 is 1.96 bits per heavy atom. The molecule has 7 heteroatoms. The van der Waals surface area contributed by atoms with Gasteiger partial charge in [-0.25, -0.2) is 9.78 Å². The second-order valence-corrected chi connectivity index (χ2v) is 4.82. The molecular weight excluding hydrogens is 308 g/mol. The largest absolute Gasteiger partial charge is 0.478 e. The van der Waals surface area contributed by atoms with Crippen molar-refractivity contribution in [3.8, 4) is 6.07 Å². The summed E-state index contributed by atoms with van der Waals surface area (Å²) in [6.07, 6.45) is 2.87. The number of nitrogens with zero attached hydrogens (tertiary/aromatic N) is 2. The van der Waals surface area contributed by atoms with Gasteiger partial charge in [-0.1, -0.05) is 6.07 Å². The SMILES string of the molecule is Cc1cccnc1N/C=C(/C#N)C(=O)Nc1ccc(C(=O)O)cc1. The molecule has 0 aliphatic carbocycles. The monoisotopic (exact) mass is 322 g/mol. The zero-order valence-electron chi connectivity index (χ0n) is 12.8. The van der Waals surface area contributed by atoms with Gasteiger partial charge < -0.3 is 15.7 Å². The molecule has 7 nitrogen and oxygen atoms in total. The number of hydrogen-bond acceptors (Lipinski definition) is 5. The Labute approximate surface area is 138 Å². The first-order valence-electron chi connectivity index (χ1n) is 6.94. The fourth-order valence-corrected chi connectivity index (χ4v) is 1.82. The van der Waals surface area contributed by atoms with E-state index in [1.165, 1.54) is 30.5 Å². The lowest BCUT2D eigenvalue weighted by Crippen LogP contribution is -2.15. The van der Waals surface area contributed by atoms with Crippen molar-refractivity contribution in [1.29, 1.82) is 5.26 Å². The molecule has 24 heavy (non-hydrogen) atoms. The third kappa shape index (κ3) is 4.18. The summed E-state index contributed by atoms with van der Waals surface area (Å²) in [5, 5.41) is 23.3. The van der Waals surface area contributed by atoms with Gasteiger partial charge in [0.1, 0.15) is 17.5 Å². The molecule has 1 amide bonds. The topological polar surface area (TPSA) is 115 Å². The summed E-state index contributed by atoms with van der Waals surface area (Å²) in [4.78, 5) is 27.0. The summed E-state index contributed by atoms with van der Waals surface area (Å²) in [5.41, 5.74) is 1.23. The van der Waals surface area contributed by atoms with Crippen molar-refractivity contribution in [3.63, 3.8) is 0 Å². The Morgan fingerprint density at radius 1 is 1.25 bits per heavy atom. The second kappa shape index (κ2) is 7.56. The number of aryl methyl sites for hydroxylation is 1. The van der Waals surface area contributed by atoms with Crippen LogP contribution in [0.2, 0.25) is 0 Å². The van der Waals surface area contributed by atoms with Gasteiger partial charge >= 0.3 is 5.97 Å². The Balaban J connectivity index is 2.08. The number of benzene rings is 1. The molecule has 3 N–H and O–H groups in total. The summed E-state index contributed by atoms with van der Waals surface area (Å²) < 4.78 is 0. The first-order chi connectivity index (χ1) is 11.5. The minimum atomic E-state index is -1.06. The van der Waals surface area contributed by atoms with Crippen LogP contribution in [0.25, 0.3) is 0 Å². The second-order valence-electron chi connectivity index (χ2n) is 4.82. The van der Waals surface area contributed by atoms with E-state index in [9.17, 15) is 9.59 Å². The van der Waals surface area contributed by atoms with Crippen LogP contribution in [0, 0.1) is 18.3 Å². The van der Waals surface area contributed by atoms with E-state index < -0.39 is 11.9 Å². The maximum Gasteiger partial charge on any atom is 0.335 e. The number of carboxylic acids is 1. The zero-order valence-corrected chi connectivity index (χ0v) is 12.8. The van der Waals surface area contributed by atoms with Gasteiger partial charge in [0.2, 0.25) is 0 Å². The minimum Gasteiger partial charge on any atom is -0.478 e. The van der Waals surface area contributed by atoms with Gasteiger partial charge in [-0.2, -0.15) is 5.26 Å². The number of nitrogens with one attached hydrogen (secondary N) is 2. The molecule has 1 heterocycles. The maximum absolute atomic E-state index is 12.1. The summed E-state index contributed by atoms with van der Waals surface area (Å²) >= 11 is 0. The van der Waals surface area contributed by atoms with E-state index in [2.05, 4.69) is 15.6 Å². The third-order valence-corrected chi connectivity index (χ3v) is 3.12. The number of carbonyl (C=O) groups excluding carboxylic acids is 1. The van der Waals surface area contributed by atoms with Crippen molar-refractivity contribution >= 4 is 23.4 Å². The molecule has 0 spiro atoms. The van der Waals surface area contributed by atoms with Crippen LogP contribution in [-0.4, -0.2) is 22.0 Å².